The molecule has 2 aromatic rings. The molecule has 0 radical (unpaired) electrons. The van der Waals surface area contributed by atoms with Gasteiger partial charge in [0.15, 0.2) is 0 Å². The minimum Gasteiger partial charge on any atom is -0.297 e. The van der Waals surface area contributed by atoms with E-state index in [1.165, 1.54) is 18.2 Å². The number of rotatable bonds is 3. The molecule has 2 atom stereocenters. The van der Waals surface area contributed by atoms with Crippen LogP contribution < -0.4 is 11.2 Å². The lowest BCUT2D eigenvalue weighted by Crippen LogP contribution is -2.37. The van der Waals surface area contributed by atoms with Gasteiger partial charge in [0.25, 0.3) is 5.56 Å². The van der Waals surface area contributed by atoms with E-state index >= 15 is 0 Å². The molecule has 1 aromatic carbocycles. The van der Waals surface area contributed by atoms with Crippen LogP contribution in [0.3, 0.4) is 0 Å². The molecule has 0 aliphatic heterocycles. The Kier molecular flexibility index (Phi) is 3.45. The number of hydrogen-bond donors (Lipinski definition) is 1. The number of H-pyrrole nitrogens is 1. The average molecular weight is 309 g/mol. The smallest absolute Gasteiger partial charge is 0.297 e. The van der Waals surface area contributed by atoms with Gasteiger partial charge in [0.1, 0.15) is 11.0 Å². The van der Waals surface area contributed by atoms with Gasteiger partial charge in [-0.3, -0.25) is 14.3 Å². The lowest BCUT2D eigenvalue weighted by atomic mass is 10.1. The van der Waals surface area contributed by atoms with E-state index in [-0.39, 0.29) is 16.3 Å². The Morgan fingerprint density at radius 1 is 1.38 bits per heavy atom. The zero-order valence-corrected chi connectivity index (χ0v) is 12.2. The summed E-state index contributed by atoms with van der Waals surface area (Å²) in [5, 5.41) is -0.129. The van der Waals surface area contributed by atoms with E-state index in [1.54, 1.807) is 6.07 Å². The Bertz CT molecular complexity index is 812. The van der Waals surface area contributed by atoms with Crippen LogP contribution in [0.15, 0.2) is 33.9 Å². The molecule has 1 heterocycles. The topological polar surface area (TPSA) is 54.9 Å². The third-order valence-electron chi connectivity index (χ3n) is 3.98. The number of halogens is 2. The molecule has 0 spiro atoms. The van der Waals surface area contributed by atoms with Crippen molar-refractivity contribution in [2.75, 3.05) is 0 Å². The van der Waals surface area contributed by atoms with Gasteiger partial charge in [-0.15, -0.1) is 0 Å². The molecule has 6 heteroatoms. The predicted octanol–water partition coefficient (Wildman–Crippen LogP) is 2.65. The Morgan fingerprint density at radius 2 is 2.05 bits per heavy atom. The summed E-state index contributed by atoms with van der Waals surface area (Å²) >= 11 is 5.96. The quantitative estimate of drug-likeness (QED) is 0.886. The van der Waals surface area contributed by atoms with Crippen LogP contribution in [-0.4, -0.2) is 9.55 Å². The van der Waals surface area contributed by atoms with Gasteiger partial charge in [0.2, 0.25) is 0 Å². The Balaban J connectivity index is 2.17. The van der Waals surface area contributed by atoms with Crippen LogP contribution in [0.25, 0.3) is 11.1 Å². The molecule has 1 aliphatic carbocycles. The van der Waals surface area contributed by atoms with Crippen LogP contribution in [0.5, 0.6) is 0 Å². The summed E-state index contributed by atoms with van der Waals surface area (Å²) in [6.07, 6.45) is 0.990. The summed E-state index contributed by atoms with van der Waals surface area (Å²) in [4.78, 5) is 26.9. The summed E-state index contributed by atoms with van der Waals surface area (Å²) in [6, 6.07) is 5.87. The largest absolute Gasteiger partial charge is 0.329 e. The highest BCUT2D eigenvalue weighted by Crippen LogP contribution is 2.38. The van der Waals surface area contributed by atoms with E-state index in [0.29, 0.717) is 18.4 Å². The molecule has 1 N–H and O–H groups in total. The molecular formula is C15H14ClFN2O2. The molecule has 1 saturated carbocycles. The molecule has 0 bridgehead atoms. The average Bonchev–Trinajstić information content (AvgIpc) is 3.12. The molecule has 110 valence electrons. The molecule has 3 rings (SSSR count). The number of hydrogen-bond acceptors (Lipinski definition) is 2. The van der Waals surface area contributed by atoms with Gasteiger partial charge in [-0.25, -0.2) is 9.18 Å². The van der Waals surface area contributed by atoms with Crippen LogP contribution in [0.2, 0.25) is 5.15 Å². The van der Waals surface area contributed by atoms with Crippen molar-refractivity contribution < 1.29 is 4.39 Å². The van der Waals surface area contributed by atoms with Gasteiger partial charge in [-0.2, -0.15) is 0 Å². The van der Waals surface area contributed by atoms with Gasteiger partial charge in [-0.05, 0) is 24.3 Å². The maximum Gasteiger partial charge on any atom is 0.329 e. The second-order valence-corrected chi connectivity index (χ2v) is 5.87. The fraction of sp³-hybridized carbons (Fsp3) is 0.333. The van der Waals surface area contributed by atoms with Crippen molar-refractivity contribution in [2.45, 2.75) is 19.9 Å². The van der Waals surface area contributed by atoms with Gasteiger partial charge in [-0.1, -0.05) is 36.7 Å². The lowest BCUT2D eigenvalue weighted by molar-refractivity contribution is 0.551. The van der Waals surface area contributed by atoms with Crippen molar-refractivity contribution in [3.8, 4) is 11.1 Å². The fourth-order valence-electron chi connectivity index (χ4n) is 2.50. The molecule has 1 aliphatic rings. The molecule has 1 aromatic heterocycles. The van der Waals surface area contributed by atoms with Gasteiger partial charge >= 0.3 is 5.69 Å². The Labute approximate surface area is 125 Å². The third kappa shape index (κ3) is 2.53. The molecule has 4 nitrogen and oxygen atoms in total. The highest BCUT2D eigenvalue weighted by Gasteiger charge is 2.33. The normalized spacial score (nSPS) is 20.5. The maximum absolute atomic E-state index is 13.9. The second-order valence-electron chi connectivity index (χ2n) is 5.49. The van der Waals surface area contributed by atoms with Gasteiger partial charge in [0, 0.05) is 12.1 Å². The summed E-state index contributed by atoms with van der Waals surface area (Å²) < 4.78 is 15.0. The summed E-state index contributed by atoms with van der Waals surface area (Å²) in [5.41, 5.74) is -0.999. The number of nitrogens with one attached hydrogen (secondary N) is 1. The van der Waals surface area contributed by atoms with E-state index in [0.717, 1.165) is 11.0 Å². The van der Waals surface area contributed by atoms with Crippen LogP contribution in [0, 0.1) is 17.7 Å². The first-order valence-corrected chi connectivity index (χ1v) is 7.14. The number of aromatic amines is 1. The van der Waals surface area contributed by atoms with E-state index in [4.69, 9.17) is 11.6 Å². The molecular weight excluding hydrogens is 295 g/mol. The van der Waals surface area contributed by atoms with Gasteiger partial charge in [0.05, 0.1) is 5.56 Å². The SMILES string of the molecule is CC1CC1Cn1c(=O)[nH]c(Cl)c(-c2ccccc2F)c1=O. The molecule has 2 unspecified atom stereocenters. The fourth-order valence-corrected chi connectivity index (χ4v) is 2.76. The highest BCUT2D eigenvalue weighted by atomic mass is 35.5. The Hall–Kier alpha value is -1.88. The van der Waals surface area contributed by atoms with E-state index < -0.39 is 17.1 Å². The predicted molar refractivity (Wildman–Crippen MR) is 79.0 cm³/mol. The van der Waals surface area contributed by atoms with Crippen molar-refractivity contribution >= 4 is 11.6 Å². The molecule has 0 amide bonds. The van der Waals surface area contributed by atoms with E-state index in [1.807, 2.05) is 0 Å². The number of aromatic nitrogens is 2. The summed E-state index contributed by atoms with van der Waals surface area (Å²) in [5.74, 6) is 0.275. The third-order valence-corrected chi connectivity index (χ3v) is 4.26. The molecule has 21 heavy (non-hydrogen) atoms. The summed E-state index contributed by atoms with van der Waals surface area (Å²) in [6.45, 7) is 2.41. The van der Waals surface area contributed by atoms with Crippen molar-refractivity contribution in [3.63, 3.8) is 0 Å². The van der Waals surface area contributed by atoms with E-state index in [9.17, 15) is 14.0 Å². The number of benzene rings is 1. The zero-order chi connectivity index (χ0) is 15.1. The van der Waals surface area contributed by atoms with Crippen molar-refractivity contribution in [3.05, 3.63) is 56.1 Å². The van der Waals surface area contributed by atoms with Gasteiger partial charge < -0.3 is 0 Å². The molecule has 0 saturated heterocycles. The number of nitrogens with zero attached hydrogens (tertiary/aromatic N) is 1. The molecule has 1 fully saturated rings. The first-order chi connectivity index (χ1) is 9.99. The van der Waals surface area contributed by atoms with Crippen LogP contribution in [-0.2, 0) is 6.54 Å². The minimum absolute atomic E-state index is 0.00247. The standard InChI is InChI=1S/C15H14ClFN2O2/c1-8-6-9(8)7-19-14(20)12(13(16)18-15(19)21)10-4-2-3-5-11(10)17/h2-5,8-9H,6-7H2,1H3,(H,18,21). The highest BCUT2D eigenvalue weighted by molar-refractivity contribution is 6.32. The van der Waals surface area contributed by atoms with Crippen molar-refractivity contribution in [1.29, 1.82) is 0 Å². The zero-order valence-electron chi connectivity index (χ0n) is 11.4. The van der Waals surface area contributed by atoms with Crippen molar-refractivity contribution in [1.82, 2.24) is 9.55 Å². The van der Waals surface area contributed by atoms with Crippen LogP contribution in [0.1, 0.15) is 13.3 Å². The van der Waals surface area contributed by atoms with Crippen LogP contribution in [0.4, 0.5) is 4.39 Å². The second kappa shape index (κ2) is 5.15. The van der Waals surface area contributed by atoms with Crippen LogP contribution >= 0.6 is 11.6 Å². The summed E-state index contributed by atoms with van der Waals surface area (Å²) in [7, 11) is 0. The Morgan fingerprint density at radius 3 is 2.67 bits per heavy atom. The first-order valence-electron chi connectivity index (χ1n) is 6.76. The monoisotopic (exact) mass is 308 g/mol. The van der Waals surface area contributed by atoms with Crippen molar-refractivity contribution in [2.24, 2.45) is 11.8 Å². The first kappa shape index (κ1) is 14.1. The lowest BCUT2D eigenvalue weighted by Gasteiger charge is -2.09. The minimum atomic E-state index is -0.552. The maximum atomic E-state index is 13.9. The van der Waals surface area contributed by atoms with E-state index in [2.05, 4.69) is 11.9 Å².